The lowest BCUT2D eigenvalue weighted by molar-refractivity contribution is -0.427. The van der Waals surface area contributed by atoms with Gasteiger partial charge in [-0.15, -0.1) is 0 Å². The molecule has 0 atom stereocenters. The van der Waals surface area contributed by atoms with Crippen LogP contribution in [0.5, 0.6) is 0 Å². The van der Waals surface area contributed by atoms with Gasteiger partial charge < -0.3 is 10.5 Å². The van der Waals surface area contributed by atoms with Crippen LogP contribution >= 0.6 is 0 Å². The number of benzene rings is 1. The fraction of sp³-hybridized carbons (Fsp3) is 0.100. The molecule has 0 aliphatic heterocycles. The molecule has 84 valence electrons. The molecular formula is C10H10N2O4. The third kappa shape index (κ3) is 3.79. The summed E-state index contributed by atoms with van der Waals surface area (Å²) in [5.74, 6) is 0. The second kappa shape index (κ2) is 5.50. The molecule has 0 aliphatic carbocycles. The van der Waals surface area contributed by atoms with Gasteiger partial charge in [0.25, 0.3) is 5.70 Å². The molecule has 0 aromatic heterocycles. The van der Waals surface area contributed by atoms with Crippen molar-refractivity contribution >= 4 is 12.2 Å². The van der Waals surface area contributed by atoms with Crippen LogP contribution < -0.4 is 5.73 Å². The van der Waals surface area contributed by atoms with Crippen LogP contribution in [-0.4, -0.2) is 17.6 Å². The first-order valence-corrected chi connectivity index (χ1v) is 4.42. The van der Waals surface area contributed by atoms with Crippen LogP contribution in [0.4, 0.5) is 4.79 Å². The van der Waals surface area contributed by atoms with Crippen molar-refractivity contribution in [2.45, 2.75) is 0 Å². The summed E-state index contributed by atoms with van der Waals surface area (Å²) < 4.78 is 4.37. The topological polar surface area (TPSA) is 95.5 Å². The van der Waals surface area contributed by atoms with Gasteiger partial charge in [-0.2, -0.15) is 0 Å². The Bertz CT molecular complexity index is 414. The molecule has 1 aromatic rings. The molecule has 0 fully saturated rings. The van der Waals surface area contributed by atoms with Gasteiger partial charge in [0.05, 0.1) is 4.92 Å². The highest BCUT2D eigenvalue weighted by Crippen LogP contribution is 2.07. The number of nitro groups is 1. The molecule has 0 spiro atoms. The average Bonchev–Trinajstić information content (AvgIpc) is 2.25. The Morgan fingerprint density at radius 1 is 1.44 bits per heavy atom. The van der Waals surface area contributed by atoms with E-state index >= 15 is 0 Å². The molecule has 6 nitrogen and oxygen atoms in total. The summed E-state index contributed by atoms with van der Waals surface area (Å²) in [4.78, 5) is 20.3. The van der Waals surface area contributed by atoms with Crippen molar-refractivity contribution in [2.75, 3.05) is 6.61 Å². The Kier molecular flexibility index (Phi) is 4.02. The van der Waals surface area contributed by atoms with Crippen molar-refractivity contribution in [1.29, 1.82) is 0 Å². The second-order valence-electron chi connectivity index (χ2n) is 2.91. The molecular weight excluding hydrogens is 212 g/mol. The molecule has 1 amide bonds. The van der Waals surface area contributed by atoms with Crippen molar-refractivity contribution in [3.05, 3.63) is 51.7 Å². The Balaban J connectivity index is 2.81. The van der Waals surface area contributed by atoms with Crippen molar-refractivity contribution in [1.82, 2.24) is 0 Å². The lowest BCUT2D eigenvalue weighted by Crippen LogP contribution is -2.17. The highest BCUT2D eigenvalue weighted by atomic mass is 16.6. The van der Waals surface area contributed by atoms with Crippen LogP contribution in [0.3, 0.4) is 0 Å². The number of carbonyl (C=O) groups excluding carboxylic acids is 1. The summed E-state index contributed by atoms with van der Waals surface area (Å²) in [7, 11) is 0. The summed E-state index contributed by atoms with van der Waals surface area (Å²) in [6.07, 6.45) is 0.281. The number of hydrogen-bond donors (Lipinski definition) is 1. The summed E-state index contributed by atoms with van der Waals surface area (Å²) in [6.45, 7) is -0.447. The van der Waals surface area contributed by atoms with E-state index in [0.717, 1.165) is 0 Å². The molecule has 0 saturated heterocycles. The number of rotatable bonds is 4. The van der Waals surface area contributed by atoms with Gasteiger partial charge in [-0.05, 0) is 5.56 Å². The molecule has 0 heterocycles. The Morgan fingerprint density at radius 3 is 2.56 bits per heavy atom. The van der Waals surface area contributed by atoms with E-state index in [1.807, 2.05) is 0 Å². The van der Waals surface area contributed by atoms with Gasteiger partial charge in [0.2, 0.25) is 0 Å². The van der Waals surface area contributed by atoms with E-state index in [1.54, 1.807) is 30.3 Å². The number of carbonyl (C=O) groups is 1. The maximum Gasteiger partial charge on any atom is 0.405 e. The first-order valence-electron chi connectivity index (χ1n) is 4.42. The highest BCUT2D eigenvalue weighted by Gasteiger charge is 2.12. The number of nitrogens with zero attached hydrogens (tertiary/aromatic N) is 1. The molecule has 1 rings (SSSR count). The zero-order valence-electron chi connectivity index (χ0n) is 8.33. The zero-order valence-corrected chi connectivity index (χ0v) is 8.33. The van der Waals surface area contributed by atoms with Crippen LogP contribution in [0.15, 0.2) is 36.0 Å². The summed E-state index contributed by atoms with van der Waals surface area (Å²) in [5.41, 5.74) is 5.15. The number of hydrogen-bond acceptors (Lipinski definition) is 4. The molecule has 0 radical (unpaired) electrons. The number of ether oxygens (including phenoxy) is 1. The van der Waals surface area contributed by atoms with Crippen molar-refractivity contribution < 1.29 is 14.5 Å². The minimum Gasteiger partial charge on any atom is -0.438 e. The van der Waals surface area contributed by atoms with Crippen molar-refractivity contribution in [3.63, 3.8) is 0 Å². The van der Waals surface area contributed by atoms with Crippen LogP contribution in [0.1, 0.15) is 5.56 Å². The second-order valence-corrected chi connectivity index (χ2v) is 2.91. The summed E-state index contributed by atoms with van der Waals surface area (Å²) in [6, 6.07) is 8.70. The zero-order chi connectivity index (χ0) is 12.0. The normalized spacial score (nSPS) is 10.9. The van der Waals surface area contributed by atoms with Crippen LogP contribution in [-0.2, 0) is 4.74 Å². The van der Waals surface area contributed by atoms with Gasteiger partial charge in [-0.1, -0.05) is 30.3 Å². The maximum absolute atomic E-state index is 10.6. The monoisotopic (exact) mass is 222 g/mol. The molecule has 16 heavy (non-hydrogen) atoms. The van der Waals surface area contributed by atoms with Gasteiger partial charge in [0.15, 0.2) is 6.61 Å². The van der Waals surface area contributed by atoms with E-state index < -0.39 is 17.6 Å². The Hall–Kier alpha value is -2.37. The first kappa shape index (κ1) is 11.7. The predicted octanol–water partition coefficient (Wildman–Crippen LogP) is 1.40. The number of primary amides is 1. The summed E-state index contributed by atoms with van der Waals surface area (Å²) >= 11 is 0. The van der Waals surface area contributed by atoms with Gasteiger partial charge in [0.1, 0.15) is 0 Å². The van der Waals surface area contributed by atoms with E-state index in [0.29, 0.717) is 5.56 Å². The minimum atomic E-state index is -1.04. The summed E-state index contributed by atoms with van der Waals surface area (Å²) in [5, 5.41) is 10.6. The van der Waals surface area contributed by atoms with Crippen molar-refractivity contribution in [2.24, 2.45) is 5.73 Å². The van der Waals surface area contributed by atoms with Crippen LogP contribution in [0.2, 0.25) is 0 Å². The molecule has 1 aromatic carbocycles. The van der Waals surface area contributed by atoms with E-state index in [-0.39, 0.29) is 5.70 Å². The van der Waals surface area contributed by atoms with Crippen LogP contribution in [0.25, 0.3) is 6.08 Å². The van der Waals surface area contributed by atoms with E-state index in [1.165, 1.54) is 6.08 Å². The van der Waals surface area contributed by atoms with Crippen molar-refractivity contribution in [3.8, 4) is 0 Å². The Labute approximate surface area is 91.5 Å². The van der Waals surface area contributed by atoms with E-state index in [9.17, 15) is 14.9 Å². The highest BCUT2D eigenvalue weighted by molar-refractivity contribution is 5.65. The average molecular weight is 222 g/mol. The van der Waals surface area contributed by atoms with Gasteiger partial charge in [0, 0.05) is 6.08 Å². The largest absolute Gasteiger partial charge is 0.438 e. The standard InChI is InChI=1S/C10H10N2O4/c11-10(13)16-7-9(12(14)15)6-8-4-2-1-3-5-8/h1-6H,7H2,(H2,11,13). The molecule has 0 bridgehead atoms. The third-order valence-electron chi connectivity index (χ3n) is 1.73. The van der Waals surface area contributed by atoms with E-state index in [2.05, 4.69) is 4.74 Å². The lowest BCUT2D eigenvalue weighted by atomic mass is 10.2. The fourth-order valence-electron chi connectivity index (χ4n) is 1.03. The van der Waals surface area contributed by atoms with Gasteiger partial charge in [-0.3, -0.25) is 10.1 Å². The van der Waals surface area contributed by atoms with Gasteiger partial charge >= 0.3 is 6.09 Å². The number of nitrogens with two attached hydrogens (primary N) is 1. The molecule has 0 unspecified atom stereocenters. The van der Waals surface area contributed by atoms with Crippen LogP contribution in [0, 0.1) is 10.1 Å². The van der Waals surface area contributed by atoms with Gasteiger partial charge in [-0.25, -0.2) is 4.79 Å². The SMILES string of the molecule is NC(=O)OCC(=Cc1ccccc1)[N+](=O)[O-]. The predicted molar refractivity (Wildman–Crippen MR) is 56.9 cm³/mol. The quantitative estimate of drug-likeness (QED) is 0.615. The third-order valence-corrected chi connectivity index (χ3v) is 1.73. The fourth-order valence-corrected chi connectivity index (χ4v) is 1.03. The first-order chi connectivity index (χ1) is 7.59. The molecule has 2 N–H and O–H groups in total. The maximum atomic E-state index is 10.6. The Morgan fingerprint density at radius 2 is 2.06 bits per heavy atom. The molecule has 6 heteroatoms. The number of amides is 1. The minimum absolute atomic E-state index is 0.231. The smallest absolute Gasteiger partial charge is 0.405 e. The molecule has 0 aliphatic rings. The lowest BCUT2D eigenvalue weighted by Gasteiger charge is -1.99. The van der Waals surface area contributed by atoms with E-state index in [4.69, 9.17) is 5.73 Å². The molecule has 0 saturated carbocycles.